The predicted octanol–water partition coefficient (Wildman–Crippen LogP) is 5.85. The average molecular weight is 315 g/mol. The number of esters is 1. The maximum atomic E-state index is 12.5. The molecule has 2 rings (SSSR count). The molecule has 0 fully saturated rings. The summed E-state index contributed by atoms with van der Waals surface area (Å²) in [6, 6.07) is 7.86. The molecular formula is C20H29NO2. The fraction of sp³-hybridized carbons (Fsp3) is 0.550. The van der Waals surface area contributed by atoms with E-state index in [2.05, 4.69) is 18.8 Å². The van der Waals surface area contributed by atoms with Crippen LogP contribution in [0.3, 0.4) is 0 Å². The molecule has 0 aliphatic carbocycles. The number of benzene rings is 1. The SMILES string of the molecule is CCCCCCC(CCCC)OC(=O)c1c[nH]c2ccccc12. The molecule has 1 heterocycles. The van der Waals surface area contributed by atoms with Crippen LogP contribution in [0, 0.1) is 0 Å². The molecule has 3 heteroatoms. The lowest BCUT2D eigenvalue weighted by Crippen LogP contribution is -2.18. The van der Waals surface area contributed by atoms with Crippen molar-refractivity contribution in [1.82, 2.24) is 4.98 Å². The van der Waals surface area contributed by atoms with Crippen LogP contribution in [0.15, 0.2) is 30.5 Å². The van der Waals surface area contributed by atoms with E-state index in [1.807, 2.05) is 24.3 Å². The number of H-pyrrole nitrogens is 1. The Balaban J connectivity index is 1.98. The molecule has 0 aliphatic rings. The predicted molar refractivity (Wildman–Crippen MR) is 95.8 cm³/mol. The van der Waals surface area contributed by atoms with Crippen LogP contribution in [0.1, 0.15) is 75.6 Å². The maximum Gasteiger partial charge on any atom is 0.340 e. The number of para-hydroxylation sites is 1. The molecule has 1 N–H and O–H groups in total. The molecule has 0 spiro atoms. The van der Waals surface area contributed by atoms with Gasteiger partial charge in [0.05, 0.1) is 5.56 Å². The lowest BCUT2D eigenvalue weighted by atomic mass is 10.0. The van der Waals surface area contributed by atoms with Crippen molar-refractivity contribution in [2.45, 2.75) is 71.3 Å². The number of hydrogen-bond acceptors (Lipinski definition) is 2. The number of unbranched alkanes of at least 4 members (excludes halogenated alkanes) is 4. The van der Waals surface area contributed by atoms with Crippen LogP contribution < -0.4 is 0 Å². The number of carbonyl (C=O) groups is 1. The van der Waals surface area contributed by atoms with E-state index in [1.165, 1.54) is 19.3 Å². The molecule has 0 amide bonds. The highest BCUT2D eigenvalue weighted by molar-refractivity contribution is 6.04. The maximum absolute atomic E-state index is 12.5. The third-order valence-corrected chi connectivity index (χ3v) is 4.34. The van der Waals surface area contributed by atoms with E-state index >= 15 is 0 Å². The first kappa shape index (κ1) is 17.6. The Labute approximate surface area is 139 Å². The van der Waals surface area contributed by atoms with Gasteiger partial charge >= 0.3 is 5.97 Å². The minimum Gasteiger partial charge on any atom is -0.459 e. The van der Waals surface area contributed by atoms with Crippen molar-refractivity contribution in [3.8, 4) is 0 Å². The summed E-state index contributed by atoms with van der Waals surface area (Å²) in [6.45, 7) is 4.39. The minimum absolute atomic E-state index is 0.0490. The standard InChI is InChI=1S/C20H29NO2/c1-3-5-7-8-12-16(11-6-4-2)23-20(22)18-15-21-19-14-10-9-13-17(18)19/h9-10,13-16,21H,3-8,11-12H2,1-2H3. The van der Waals surface area contributed by atoms with Crippen molar-refractivity contribution in [2.24, 2.45) is 0 Å². The third kappa shape index (κ3) is 5.12. The van der Waals surface area contributed by atoms with Gasteiger partial charge in [-0.3, -0.25) is 0 Å². The van der Waals surface area contributed by atoms with Gasteiger partial charge in [-0.2, -0.15) is 0 Å². The summed E-state index contributed by atoms with van der Waals surface area (Å²) in [6.07, 6.45) is 10.9. The molecule has 0 saturated heterocycles. The number of carbonyl (C=O) groups excluding carboxylic acids is 1. The first-order valence-electron chi connectivity index (χ1n) is 9.03. The lowest BCUT2D eigenvalue weighted by molar-refractivity contribution is 0.0252. The van der Waals surface area contributed by atoms with Crippen LogP contribution in [0.4, 0.5) is 0 Å². The highest BCUT2D eigenvalue weighted by atomic mass is 16.5. The van der Waals surface area contributed by atoms with E-state index in [-0.39, 0.29) is 12.1 Å². The zero-order valence-corrected chi connectivity index (χ0v) is 14.4. The van der Waals surface area contributed by atoms with E-state index in [1.54, 1.807) is 6.20 Å². The minimum atomic E-state index is -0.195. The van der Waals surface area contributed by atoms with Crippen molar-refractivity contribution in [3.63, 3.8) is 0 Å². The fourth-order valence-electron chi connectivity index (χ4n) is 2.95. The topological polar surface area (TPSA) is 42.1 Å². The van der Waals surface area contributed by atoms with Crippen molar-refractivity contribution in [3.05, 3.63) is 36.0 Å². The number of nitrogens with one attached hydrogen (secondary N) is 1. The Morgan fingerprint density at radius 1 is 1.04 bits per heavy atom. The summed E-state index contributed by atoms with van der Waals surface area (Å²) in [7, 11) is 0. The van der Waals surface area contributed by atoms with Crippen molar-refractivity contribution >= 4 is 16.9 Å². The molecule has 0 bridgehead atoms. The monoisotopic (exact) mass is 315 g/mol. The molecule has 3 nitrogen and oxygen atoms in total. The van der Waals surface area contributed by atoms with E-state index in [4.69, 9.17) is 4.74 Å². The molecule has 1 unspecified atom stereocenters. The van der Waals surface area contributed by atoms with Gasteiger partial charge < -0.3 is 9.72 Å². The fourth-order valence-corrected chi connectivity index (χ4v) is 2.95. The molecule has 0 saturated carbocycles. The number of fused-ring (bicyclic) bond motifs is 1. The Kier molecular flexibility index (Phi) is 7.18. The van der Waals surface area contributed by atoms with Gasteiger partial charge in [-0.1, -0.05) is 64.2 Å². The van der Waals surface area contributed by atoms with Crippen LogP contribution >= 0.6 is 0 Å². The Hall–Kier alpha value is -1.77. The number of aromatic amines is 1. The lowest BCUT2D eigenvalue weighted by Gasteiger charge is -2.17. The van der Waals surface area contributed by atoms with Crippen LogP contribution in [0.5, 0.6) is 0 Å². The summed E-state index contributed by atoms with van der Waals surface area (Å²) >= 11 is 0. The Bertz CT molecular complexity index is 602. The van der Waals surface area contributed by atoms with Gasteiger partial charge in [0.25, 0.3) is 0 Å². The summed E-state index contributed by atoms with van der Waals surface area (Å²) in [5.74, 6) is -0.195. The summed E-state index contributed by atoms with van der Waals surface area (Å²) < 4.78 is 5.83. The quantitative estimate of drug-likeness (QED) is 0.441. The summed E-state index contributed by atoms with van der Waals surface area (Å²) in [5.41, 5.74) is 1.63. The third-order valence-electron chi connectivity index (χ3n) is 4.34. The van der Waals surface area contributed by atoms with Gasteiger partial charge in [0.1, 0.15) is 6.10 Å². The van der Waals surface area contributed by atoms with Crippen LogP contribution in [0.25, 0.3) is 10.9 Å². The first-order valence-corrected chi connectivity index (χ1v) is 9.03. The van der Waals surface area contributed by atoms with Gasteiger partial charge in [0, 0.05) is 17.1 Å². The van der Waals surface area contributed by atoms with Gasteiger partial charge in [0.2, 0.25) is 0 Å². The van der Waals surface area contributed by atoms with E-state index in [0.717, 1.165) is 43.0 Å². The molecule has 0 aliphatic heterocycles. The highest BCUT2D eigenvalue weighted by Crippen LogP contribution is 2.21. The zero-order valence-electron chi connectivity index (χ0n) is 14.4. The van der Waals surface area contributed by atoms with Crippen molar-refractivity contribution < 1.29 is 9.53 Å². The smallest absolute Gasteiger partial charge is 0.340 e. The highest BCUT2D eigenvalue weighted by Gasteiger charge is 2.18. The molecule has 1 aromatic heterocycles. The summed E-state index contributed by atoms with van der Waals surface area (Å²) in [5, 5.41) is 0.942. The zero-order chi connectivity index (χ0) is 16.5. The average Bonchev–Trinajstić information content (AvgIpc) is 3.00. The second-order valence-electron chi connectivity index (χ2n) is 6.27. The van der Waals surface area contributed by atoms with Gasteiger partial charge in [-0.25, -0.2) is 4.79 Å². The van der Waals surface area contributed by atoms with Crippen molar-refractivity contribution in [2.75, 3.05) is 0 Å². The normalized spacial score (nSPS) is 12.4. The van der Waals surface area contributed by atoms with Crippen molar-refractivity contribution in [1.29, 1.82) is 0 Å². The number of ether oxygens (including phenoxy) is 1. The van der Waals surface area contributed by atoms with Crippen LogP contribution in [-0.2, 0) is 4.74 Å². The largest absolute Gasteiger partial charge is 0.459 e. The second kappa shape index (κ2) is 9.39. The molecule has 1 atom stereocenters. The molecule has 23 heavy (non-hydrogen) atoms. The Morgan fingerprint density at radius 3 is 2.57 bits per heavy atom. The number of rotatable bonds is 10. The van der Waals surface area contributed by atoms with E-state index < -0.39 is 0 Å². The van der Waals surface area contributed by atoms with Crippen LogP contribution in [0.2, 0.25) is 0 Å². The molecular weight excluding hydrogens is 286 g/mol. The Morgan fingerprint density at radius 2 is 1.78 bits per heavy atom. The molecule has 2 aromatic rings. The van der Waals surface area contributed by atoms with E-state index in [9.17, 15) is 4.79 Å². The van der Waals surface area contributed by atoms with Gasteiger partial charge in [-0.15, -0.1) is 0 Å². The molecule has 0 radical (unpaired) electrons. The van der Waals surface area contributed by atoms with Crippen LogP contribution in [-0.4, -0.2) is 17.1 Å². The van der Waals surface area contributed by atoms with E-state index in [0.29, 0.717) is 5.56 Å². The first-order chi connectivity index (χ1) is 11.3. The number of hydrogen-bond donors (Lipinski definition) is 1. The second-order valence-corrected chi connectivity index (χ2v) is 6.27. The molecule has 126 valence electrons. The molecule has 1 aromatic carbocycles. The van der Waals surface area contributed by atoms with Gasteiger partial charge in [0.15, 0.2) is 0 Å². The van der Waals surface area contributed by atoms with Gasteiger partial charge in [-0.05, 0) is 25.3 Å². The summed E-state index contributed by atoms with van der Waals surface area (Å²) in [4.78, 5) is 15.7. The number of aromatic nitrogens is 1.